The molecule has 0 aliphatic carbocycles. The molecule has 0 aliphatic heterocycles. The fraction of sp³-hybridized carbons (Fsp3) is 0. The van der Waals surface area contributed by atoms with Gasteiger partial charge in [-0.2, -0.15) is 0 Å². The lowest BCUT2D eigenvalue weighted by atomic mass is 9.91. The van der Waals surface area contributed by atoms with Gasteiger partial charge in [0.15, 0.2) is 0 Å². The predicted molar refractivity (Wildman–Crippen MR) is 114 cm³/mol. The van der Waals surface area contributed by atoms with Crippen molar-refractivity contribution in [2.45, 2.75) is 0 Å². The van der Waals surface area contributed by atoms with Gasteiger partial charge >= 0.3 is 8.60 Å². The van der Waals surface area contributed by atoms with Crippen molar-refractivity contribution in [2.75, 3.05) is 0 Å². The van der Waals surface area contributed by atoms with Gasteiger partial charge in [-0.05, 0) is 22.8 Å². The standard InChI is InChI=1S/C23H17N.H3O3P/c1-4-10-18(11-5-1)21-16-17-24-23(20-14-8-3-9-15-20)22(21)19-12-6-2-7-13-19;1-4(2)3/h1-17H;1-3H. The second-order valence-electron chi connectivity index (χ2n) is 5.95. The van der Waals surface area contributed by atoms with Gasteiger partial charge in [0.25, 0.3) is 0 Å². The van der Waals surface area contributed by atoms with Crippen molar-refractivity contribution in [3.05, 3.63) is 103 Å². The van der Waals surface area contributed by atoms with Crippen LogP contribution in [0.3, 0.4) is 0 Å². The van der Waals surface area contributed by atoms with Gasteiger partial charge in [0.2, 0.25) is 0 Å². The Labute approximate surface area is 165 Å². The summed E-state index contributed by atoms with van der Waals surface area (Å²) in [6.45, 7) is 0. The van der Waals surface area contributed by atoms with Crippen LogP contribution in [0.2, 0.25) is 0 Å². The van der Waals surface area contributed by atoms with E-state index in [2.05, 4.69) is 78.9 Å². The minimum absolute atomic E-state index is 1.02. The zero-order valence-corrected chi connectivity index (χ0v) is 15.9. The maximum Gasteiger partial charge on any atom is 0.324 e. The van der Waals surface area contributed by atoms with Crippen LogP contribution in [-0.4, -0.2) is 19.7 Å². The number of aromatic nitrogens is 1. The lowest BCUT2D eigenvalue weighted by molar-refractivity contribution is 0.368. The van der Waals surface area contributed by atoms with Crippen LogP contribution in [0.25, 0.3) is 33.5 Å². The molecule has 140 valence electrons. The van der Waals surface area contributed by atoms with Crippen LogP contribution in [0.5, 0.6) is 0 Å². The molecule has 28 heavy (non-hydrogen) atoms. The van der Waals surface area contributed by atoms with E-state index in [0.717, 1.165) is 11.3 Å². The summed E-state index contributed by atoms with van der Waals surface area (Å²) in [6.07, 6.45) is 1.90. The SMILES string of the molecule is OP(O)O.c1ccc(-c2ccnc(-c3ccccc3)c2-c2ccccc2)cc1. The van der Waals surface area contributed by atoms with E-state index >= 15 is 0 Å². The Kier molecular flexibility index (Phi) is 7.01. The number of rotatable bonds is 3. The first-order valence-electron chi connectivity index (χ1n) is 8.69. The third kappa shape index (κ3) is 5.10. The molecule has 0 fully saturated rings. The second-order valence-corrected chi connectivity index (χ2v) is 6.49. The Morgan fingerprint density at radius 2 is 0.964 bits per heavy atom. The Morgan fingerprint density at radius 3 is 1.46 bits per heavy atom. The van der Waals surface area contributed by atoms with Gasteiger partial charge in [0.05, 0.1) is 5.69 Å². The highest BCUT2D eigenvalue weighted by Gasteiger charge is 2.14. The van der Waals surface area contributed by atoms with Crippen molar-refractivity contribution in [1.29, 1.82) is 0 Å². The number of hydrogen-bond acceptors (Lipinski definition) is 4. The van der Waals surface area contributed by atoms with Gasteiger partial charge in [-0.3, -0.25) is 4.98 Å². The van der Waals surface area contributed by atoms with Gasteiger partial charge < -0.3 is 14.7 Å². The highest BCUT2D eigenvalue weighted by atomic mass is 31.2. The van der Waals surface area contributed by atoms with Gasteiger partial charge in [0.1, 0.15) is 0 Å². The average molecular weight is 389 g/mol. The number of nitrogens with zero attached hydrogens (tertiary/aromatic N) is 1. The molecule has 0 saturated carbocycles. The Balaban J connectivity index is 0.000000516. The molecular weight excluding hydrogens is 369 g/mol. The largest absolute Gasteiger partial charge is 0.328 e. The fourth-order valence-electron chi connectivity index (χ4n) is 3.03. The topological polar surface area (TPSA) is 73.6 Å². The van der Waals surface area contributed by atoms with Crippen molar-refractivity contribution in [2.24, 2.45) is 0 Å². The Morgan fingerprint density at radius 1 is 0.536 bits per heavy atom. The maximum atomic E-state index is 7.23. The van der Waals surface area contributed by atoms with E-state index in [9.17, 15) is 0 Å². The van der Waals surface area contributed by atoms with Crippen LogP contribution >= 0.6 is 8.60 Å². The summed E-state index contributed by atoms with van der Waals surface area (Å²) in [5, 5.41) is 0. The fourth-order valence-corrected chi connectivity index (χ4v) is 3.03. The molecule has 1 aromatic heterocycles. The molecule has 0 unspecified atom stereocenters. The monoisotopic (exact) mass is 389 g/mol. The first-order valence-corrected chi connectivity index (χ1v) is 9.89. The smallest absolute Gasteiger partial charge is 0.324 e. The molecule has 0 atom stereocenters. The maximum absolute atomic E-state index is 7.23. The van der Waals surface area contributed by atoms with Crippen LogP contribution in [-0.2, 0) is 0 Å². The molecule has 0 saturated heterocycles. The van der Waals surface area contributed by atoms with Crippen molar-refractivity contribution in [1.82, 2.24) is 4.98 Å². The molecule has 3 N–H and O–H groups in total. The number of benzene rings is 3. The normalized spacial score (nSPS) is 10.3. The number of pyridine rings is 1. The molecule has 0 radical (unpaired) electrons. The second kappa shape index (κ2) is 9.88. The van der Waals surface area contributed by atoms with E-state index in [-0.39, 0.29) is 0 Å². The summed E-state index contributed by atoms with van der Waals surface area (Å²) in [5.41, 5.74) is 6.92. The highest BCUT2D eigenvalue weighted by molar-refractivity contribution is 7.38. The first kappa shape index (κ1) is 19.9. The van der Waals surface area contributed by atoms with Gasteiger partial charge in [-0.25, -0.2) is 0 Å². The number of hydrogen-bond donors (Lipinski definition) is 3. The van der Waals surface area contributed by atoms with Crippen molar-refractivity contribution in [3.63, 3.8) is 0 Å². The van der Waals surface area contributed by atoms with E-state index in [1.54, 1.807) is 0 Å². The van der Waals surface area contributed by atoms with Crippen LogP contribution in [0.1, 0.15) is 0 Å². The van der Waals surface area contributed by atoms with E-state index in [0.29, 0.717) is 0 Å². The van der Waals surface area contributed by atoms with Gasteiger partial charge in [-0.15, -0.1) is 0 Å². The Hall–Kier alpha value is -2.88. The molecule has 3 aromatic carbocycles. The summed E-state index contributed by atoms with van der Waals surface area (Å²) in [5.74, 6) is 0. The summed E-state index contributed by atoms with van der Waals surface area (Å²) >= 11 is 0. The molecule has 0 aliphatic rings. The van der Waals surface area contributed by atoms with E-state index in [4.69, 9.17) is 19.7 Å². The third-order valence-electron chi connectivity index (χ3n) is 4.15. The molecule has 4 aromatic rings. The lowest BCUT2D eigenvalue weighted by Gasteiger charge is -2.15. The minimum atomic E-state index is -2.62. The molecule has 4 rings (SSSR count). The highest BCUT2D eigenvalue weighted by Crippen LogP contribution is 2.38. The lowest BCUT2D eigenvalue weighted by Crippen LogP contribution is -1.93. The molecule has 0 amide bonds. The zero-order chi connectivity index (χ0) is 19.8. The van der Waals surface area contributed by atoms with E-state index in [1.165, 1.54) is 22.3 Å². The van der Waals surface area contributed by atoms with Crippen molar-refractivity contribution < 1.29 is 14.7 Å². The minimum Gasteiger partial charge on any atom is -0.328 e. The molecule has 5 heteroatoms. The van der Waals surface area contributed by atoms with Crippen molar-refractivity contribution >= 4 is 8.60 Å². The summed E-state index contributed by atoms with van der Waals surface area (Å²) in [6, 6.07) is 33.5. The molecule has 1 heterocycles. The molecular formula is C23H20NO3P. The quantitative estimate of drug-likeness (QED) is 0.417. The van der Waals surface area contributed by atoms with E-state index in [1.807, 2.05) is 24.4 Å². The third-order valence-corrected chi connectivity index (χ3v) is 4.15. The molecule has 4 nitrogen and oxygen atoms in total. The summed E-state index contributed by atoms with van der Waals surface area (Å²) < 4.78 is 0. The molecule has 0 spiro atoms. The van der Waals surface area contributed by atoms with Crippen LogP contribution in [0.15, 0.2) is 103 Å². The summed E-state index contributed by atoms with van der Waals surface area (Å²) in [4.78, 5) is 26.4. The van der Waals surface area contributed by atoms with Gasteiger partial charge in [-0.1, -0.05) is 91.0 Å². The Bertz CT molecular complexity index is 933. The average Bonchev–Trinajstić information content (AvgIpc) is 2.75. The summed E-state index contributed by atoms with van der Waals surface area (Å²) in [7, 11) is -2.62. The van der Waals surface area contributed by atoms with Crippen LogP contribution < -0.4 is 0 Å². The first-order chi connectivity index (χ1) is 13.7. The van der Waals surface area contributed by atoms with Gasteiger partial charge in [0, 0.05) is 17.3 Å². The van der Waals surface area contributed by atoms with Crippen LogP contribution in [0.4, 0.5) is 0 Å². The zero-order valence-electron chi connectivity index (χ0n) is 15.1. The van der Waals surface area contributed by atoms with E-state index < -0.39 is 8.60 Å². The van der Waals surface area contributed by atoms with Crippen LogP contribution in [0, 0.1) is 0 Å². The predicted octanol–water partition coefficient (Wildman–Crippen LogP) is 5.27. The van der Waals surface area contributed by atoms with Crippen molar-refractivity contribution in [3.8, 4) is 33.5 Å². The molecule has 0 bridgehead atoms.